The Balaban J connectivity index is 2.35. The highest BCUT2D eigenvalue weighted by Gasteiger charge is 2.22. The van der Waals surface area contributed by atoms with E-state index in [1.54, 1.807) is 11.8 Å². The Bertz CT molecular complexity index is 590. The fourth-order valence-corrected chi connectivity index (χ4v) is 3.97. The topological polar surface area (TPSA) is 38.9 Å². The predicted molar refractivity (Wildman–Crippen MR) is 91.8 cm³/mol. The van der Waals surface area contributed by atoms with Gasteiger partial charge in [0.15, 0.2) is 0 Å². The van der Waals surface area contributed by atoms with Crippen molar-refractivity contribution in [2.45, 2.75) is 50.4 Å². The summed E-state index contributed by atoms with van der Waals surface area (Å²) in [5, 5.41) is 1.30. The van der Waals surface area contributed by atoms with Crippen molar-refractivity contribution in [1.82, 2.24) is 4.98 Å². The van der Waals surface area contributed by atoms with Crippen LogP contribution < -0.4 is 5.73 Å². The van der Waals surface area contributed by atoms with Crippen molar-refractivity contribution in [3.8, 4) is 0 Å². The highest BCUT2D eigenvalue weighted by Crippen LogP contribution is 2.38. The molecule has 2 N–H and O–H groups in total. The van der Waals surface area contributed by atoms with E-state index in [4.69, 9.17) is 5.73 Å². The molecule has 21 heavy (non-hydrogen) atoms. The Labute approximate surface area is 132 Å². The molecule has 1 aromatic heterocycles. The van der Waals surface area contributed by atoms with Gasteiger partial charge in [0.1, 0.15) is 0 Å². The molecule has 0 saturated carbocycles. The molecule has 3 heteroatoms. The van der Waals surface area contributed by atoms with Crippen LogP contribution in [-0.4, -0.2) is 11.0 Å². The van der Waals surface area contributed by atoms with Crippen LogP contribution in [0.25, 0.3) is 0 Å². The first-order chi connectivity index (χ1) is 10.0. The van der Waals surface area contributed by atoms with E-state index in [0.717, 1.165) is 17.1 Å². The highest BCUT2D eigenvalue weighted by atomic mass is 32.2. The number of hydrogen-bond acceptors (Lipinski definition) is 3. The molecule has 0 amide bonds. The molecular weight excluding hydrogens is 276 g/mol. The maximum Gasteiger partial charge on any atom is 0.0972 e. The van der Waals surface area contributed by atoms with Gasteiger partial charge in [-0.25, -0.2) is 4.98 Å². The van der Waals surface area contributed by atoms with Crippen molar-refractivity contribution in [1.29, 1.82) is 0 Å². The lowest BCUT2D eigenvalue weighted by Gasteiger charge is -2.24. The molecule has 2 aromatic rings. The van der Waals surface area contributed by atoms with Crippen LogP contribution in [0, 0.1) is 20.8 Å². The molecule has 1 heterocycles. The predicted octanol–water partition coefficient (Wildman–Crippen LogP) is 4.58. The van der Waals surface area contributed by atoms with Gasteiger partial charge in [-0.1, -0.05) is 43.0 Å². The molecule has 2 unspecified atom stereocenters. The first-order valence-electron chi connectivity index (χ1n) is 7.44. The van der Waals surface area contributed by atoms with E-state index in [0.29, 0.717) is 0 Å². The first-order valence-corrected chi connectivity index (χ1v) is 8.32. The molecule has 0 aliphatic rings. The second-order valence-electron chi connectivity index (χ2n) is 5.59. The monoisotopic (exact) mass is 300 g/mol. The van der Waals surface area contributed by atoms with E-state index < -0.39 is 0 Å². The molecule has 0 radical (unpaired) electrons. The summed E-state index contributed by atoms with van der Waals surface area (Å²) >= 11 is 1.78. The Morgan fingerprint density at radius 2 is 1.86 bits per heavy atom. The van der Waals surface area contributed by atoms with Gasteiger partial charge in [0.05, 0.1) is 10.3 Å². The summed E-state index contributed by atoms with van der Waals surface area (Å²) in [6.07, 6.45) is 0.955. The first kappa shape index (κ1) is 16.1. The summed E-state index contributed by atoms with van der Waals surface area (Å²) in [6.45, 7) is 8.45. The van der Waals surface area contributed by atoms with Crippen LogP contribution in [0.4, 0.5) is 0 Å². The summed E-state index contributed by atoms with van der Waals surface area (Å²) in [5.41, 5.74) is 11.3. The number of hydrogen-bond donors (Lipinski definition) is 1. The second-order valence-corrected chi connectivity index (χ2v) is 6.75. The van der Waals surface area contributed by atoms with Crippen molar-refractivity contribution in [2.24, 2.45) is 5.73 Å². The Morgan fingerprint density at radius 3 is 2.48 bits per heavy atom. The van der Waals surface area contributed by atoms with Crippen LogP contribution in [0.2, 0.25) is 0 Å². The van der Waals surface area contributed by atoms with Crippen molar-refractivity contribution >= 4 is 11.8 Å². The van der Waals surface area contributed by atoms with Gasteiger partial charge in [-0.2, -0.15) is 0 Å². The van der Waals surface area contributed by atoms with Gasteiger partial charge in [0.2, 0.25) is 0 Å². The maximum atomic E-state index is 6.39. The quantitative estimate of drug-likeness (QED) is 0.822. The van der Waals surface area contributed by atoms with E-state index in [1.807, 2.05) is 6.92 Å². The van der Waals surface area contributed by atoms with Gasteiger partial charge >= 0.3 is 0 Å². The summed E-state index contributed by atoms with van der Waals surface area (Å²) in [5.74, 6) is 0. The summed E-state index contributed by atoms with van der Waals surface area (Å²) in [4.78, 5) is 4.65. The molecule has 0 aliphatic heterocycles. The fourth-order valence-electron chi connectivity index (χ4n) is 2.50. The van der Waals surface area contributed by atoms with Crippen molar-refractivity contribution in [3.63, 3.8) is 0 Å². The van der Waals surface area contributed by atoms with Crippen LogP contribution in [0.15, 0.2) is 41.4 Å². The average molecular weight is 300 g/mol. The number of pyridine rings is 1. The molecule has 2 rings (SSSR count). The number of aromatic nitrogens is 1. The number of thioether (sulfide) groups is 1. The molecule has 1 aromatic carbocycles. The van der Waals surface area contributed by atoms with Gasteiger partial charge < -0.3 is 5.73 Å². The minimum atomic E-state index is 0.124. The van der Waals surface area contributed by atoms with E-state index >= 15 is 0 Å². The van der Waals surface area contributed by atoms with Crippen molar-refractivity contribution in [2.75, 3.05) is 0 Å². The molecule has 112 valence electrons. The summed E-state index contributed by atoms with van der Waals surface area (Å²) < 4.78 is 0. The zero-order valence-corrected chi connectivity index (χ0v) is 14.1. The average Bonchev–Trinajstić information content (AvgIpc) is 2.44. The SMILES string of the molecule is CCC(N)C(Sc1cc(C)cc(C)n1)c1ccccc1C. The zero-order chi connectivity index (χ0) is 15.4. The number of nitrogens with two attached hydrogens (primary N) is 1. The molecular formula is C18H24N2S. The summed E-state index contributed by atoms with van der Waals surface area (Å²) in [7, 11) is 0. The van der Waals surface area contributed by atoms with Gasteiger partial charge in [0, 0.05) is 11.7 Å². The van der Waals surface area contributed by atoms with E-state index in [9.17, 15) is 0 Å². The number of benzene rings is 1. The third kappa shape index (κ3) is 4.08. The minimum Gasteiger partial charge on any atom is -0.326 e. The normalized spacial score (nSPS) is 14.0. The van der Waals surface area contributed by atoms with Crippen molar-refractivity contribution in [3.05, 3.63) is 58.8 Å². The van der Waals surface area contributed by atoms with E-state index in [1.165, 1.54) is 16.7 Å². The molecule has 2 atom stereocenters. The summed E-state index contributed by atoms with van der Waals surface area (Å²) in [6, 6.07) is 12.9. The van der Waals surface area contributed by atoms with Gasteiger partial charge in [-0.3, -0.25) is 0 Å². The van der Waals surface area contributed by atoms with E-state index in [-0.39, 0.29) is 11.3 Å². The lowest BCUT2D eigenvalue weighted by Crippen LogP contribution is -2.26. The standard InChI is InChI=1S/C18H24N2S/c1-5-16(19)18(15-9-7-6-8-13(15)3)21-17-11-12(2)10-14(4)20-17/h6-11,16,18H,5,19H2,1-4H3. The third-order valence-electron chi connectivity index (χ3n) is 3.68. The van der Waals surface area contributed by atoms with E-state index in [2.05, 4.69) is 62.2 Å². The van der Waals surface area contributed by atoms with Gasteiger partial charge in [0.25, 0.3) is 0 Å². The Morgan fingerprint density at radius 1 is 1.14 bits per heavy atom. The molecule has 0 spiro atoms. The maximum absolute atomic E-state index is 6.39. The number of nitrogens with zero attached hydrogens (tertiary/aromatic N) is 1. The van der Waals surface area contributed by atoms with Gasteiger partial charge in [-0.15, -0.1) is 0 Å². The minimum absolute atomic E-state index is 0.124. The molecule has 0 saturated heterocycles. The van der Waals surface area contributed by atoms with Crippen LogP contribution in [-0.2, 0) is 0 Å². The molecule has 2 nitrogen and oxygen atoms in total. The lowest BCUT2D eigenvalue weighted by molar-refractivity contribution is 0.631. The van der Waals surface area contributed by atoms with Crippen LogP contribution in [0.5, 0.6) is 0 Å². The second kappa shape index (κ2) is 7.10. The van der Waals surface area contributed by atoms with Crippen LogP contribution in [0.1, 0.15) is 41.0 Å². The highest BCUT2D eigenvalue weighted by molar-refractivity contribution is 7.99. The third-order valence-corrected chi connectivity index (χ3v) is 4.99. The fraction of sp³-hybridized carbons (Fsp3) is 0.389. The molecule has 0 fully saturated rings. The largest absolute Gasteiger partial charge is 0.326 e. The Kier molecular flexibility index (Phi) is 5.43. The molecule has 0 bridgehead atoms. The lowest BCUT2D eigenvalue weighted by atomic mass is 10.00. The van der Waals surface area contributed by atoms with Crippen LogP contribution in [0.3, 0.4) is 0 Å². The molecule has 0 aliphatic carbocycles. The Hall–Kier alpha value is -1.32. The number of aryl methyl sites for hydroxylation is 3. The smallest absolute Gasteiger partial charge is 0.0972 e. The van der Waals surface area contributed by atoms with Crippen LogP contribution >= 0.6 is 11.8 Å². The zero-order valence-electron chi connectivity index (χ0n) is 13.3. The number of rotatable bonds is 5. The van der Waals surface area contributed by atoms with Crippen molar-refractivity contribution < 1.29 is 0 Å². The van der Waals surface area contributed by atoms with Gasteiger partial charge in [-0.05, 0) is 56.0 Å².